The molecule has 0 aromatic carbocycles. The molecule has 2 N–H and O–H groups in total. The largest absolute Gasteiger partial charge is 0.382 e. The third-order valence-electron chi connectivity index (χ3n) is 3.16. The SMILES string of the molecule is CC1CCC(c2nccnc2N)CC1. The van der Waals surface area contributed by atoms with Gasteiger partial charge in [0.25, 0.3) is 0 Å². The molecular weight excluding hydrogens is 174 g/mol. The fourth-order valence-electron chi connectivity index (χ4n) is 2.21. The van der Waals surface area contributed by atoms with Crippen molar-refractivity contribution in [3.05, 3.63) is 18.1 Å². The molecule has 0 atom stereocenters. The summed E-state index contributed by atoms with van der Waals surface area (Å²) in [6.45, 7) is 2.32. The van der Waals surface area contributed by atoms with Gasteiger partial charge in [0.2, 0.25) is 0 Å². The van der Waals surface area contributed by atoms with Gasteiger partial charge in [-0.25, -0.2) is 4.98 Å². The second-order valence-corrected chi connectivity index (χ2v) is 4.28. The van der Waals surface area contributed by atoms with Gasteiger partial charge < -0.3 is 5.73 Å². The summed E-state index contributed by atoms with van der Waals surface area (Å²) in [6.07, 6.45) is 8.41. The lowest BCUT2D eigenvalue weighted by molar-refractivity contribution is 0.344. The van der Waals surface area contributed by atoms with E-state index in [9.17, 15) is 0 Å². The molecule has 1 aliphatic carbocycles. The van der Waals surface area contributed by atoms with Gasteiger partial charge in [-0.15, -0.1) is 0 Å². The lowest BCUT2D eigenvalue weighted by Gasteiger charge is -2.25. The summed E-state index contributed by atoms with van der Waals surface area (Å²) in [4.78, 5) is 8.43. The van der Waals surface area contributed by atoms with E-state index in [4.69, 9.17) is 5.73 Å². The van der Waals surface area contributed by atoms with Crippen molar-refractivity contribution in [2.75, 3.05) is 5.73 Å². The lowest BCUT2D eigenvalue weighted by Crippen LogP contribution is -2.14. The molecule has 1 saturated carbocycles. The van der Waals surface area contributed by atoms with Crippen molar-refractivity contribution in [3.63, 3.8) is 0 Å². The van der Waals surface area contributed by atoms with Gasteiger partial charge in [0.15, 0.2) is 0 Å². The number of aromatic nitrogens is 2. The van der Waals surface area contributed by atoms with Crippen LogP contribution in [0.25, 0.3) is 0 Å². The molecule has 3 heteroatoms. The van der Waals surface area contributed by atoms with Crippen molar-refractivity contribution in [2.24, 2.45) is 5.92 Å². The number of hydrogen-bond donors (Lipinski definition) is 1. The third-order valence-corrected chi connectivity index (χ3v) is 3.16. The molecule has 0 saturated heterocycles. The molecule has 0 radical (unpaired) electrons. The maximum atomic E-state index is 5.81. The fraction of sp³-hybridized carbons (Fsp3) is 0.636. The number of nitrogens with zero attached hydrogens (tertiary/aromatic N) is 2. The van der Waals surface area contributed by atoms with E-state index in [1.165, 1.54) is 25.7 Å². The molecule has 0 spiro atoms. The van der Waals surface area contributed by atoms with Crippen LogP contribution in [0.15, 0.2) is 12.4 Å². The minimum Gasteiger partial charge on any atom is -0.382 e. The monoisotopic (exact) mass is 191 g/mol. The molecule has 14 heavy (non-hydrogen) atoms. The van der Waals surface area contributed by atoms with Crippen LogP contribution < -0.4 is 5.73 Å². The standard InChI is InChI=1S/C11H17N3/c1-8-2-4-9(5-3-8)10-11(12)14-7-6-13-10/h6-9H,2-5H2,1H3,(H2,12,14). The molecule has 0 unspecified atom stereocenters. The Morgan fingerprint density at radius 1 is 1.14 bits per heavy atom. The first-order valence-corrected chi connectivity index (χ1v) is 5.33. The van der Waals surface area contributed by atoms with E-state index in [0.717, 1.165) is 11.6 Å². The van der Waals surface area contributed by atoms with Crippen LogP contribution in [-0.2, 0) is 0 Å². The molecule has 1 fully saturated rings. The highest BCUT2D eigenvalue weighted by molar-refractivity contribution is 5.35. The Labute approximate surface area is 84.8 Å². The Balaban J connectivity index is 2.12. The maximum absolute atomic E-state index is 5.81. The molecule has 1 heterocycles. The van der Waals surface area contributed by atoms with Crippen LogP contribution in [0, 0.1) is 5.92 Å². The van der Waals surface area contributed by atoms with Crippen LogP contribution in [0.2, 0.25) is 0 Å². The second kappa shape index (κ2) is 3.95. The Morgan fingerprint density at radius 3 is 2.43 bits per heavy atom. The third kappa shape index (κ3) is 1.86. The van der Waals surface area contributed by atoms with Crippen molar-refractivity contribution >= 4 is 5.82 Å². The van der Waals surface area contributed by atoms with Crippen LogP contribution in [-0.4, -0.2) is 9.97 Å². The second-order valence-electron chi connectivity index (χ2n) is 4.28. The molecular formula is C11H17N3. The number of anilines is 1. The summed E-state index contributed by atoms with van der Waals surface area (Å²) < 4.78 is 0. The highest BCUT2D eigenvalue weighted by atomic mass is 14.9. The first kappa shape index (κ1) is 9.44. The summed E-state index contributed by atoms with van der Waals surface area (Å²) in [5.74, 6) is 2.02. The topological polar surface area (TPSA) is 51.8 Å². The van der Waals surface area contributed by atoms with Crippen LogP contribution >= 0.6 is 0 Å². The first-order chi connectivity index (χ1) is 6.77. The van der Waals surface area contributed by atoms with Crippen molar-refractivity contribution in [1.29, 1.82) is 0 Å². The Bertz CT molecular complexity index is 303. The quantitative estimate of drug-likeness (QED) is 0.741. The van der Waals surface area contributed by atoms with E-state index in [0.29, 0.717) is 11.7 Å². The van der Waals surface area contributed by atoms with Crippen molar-refractivity contribution in [3.8, 4) is 0 Å². The summed E-state index contributed by atoms with van der Waals surface area (Å²) in [5.41, 5.74) is 6.83. The molecule has 0 bridgehead atoms. The number of nitrogen functional groups attached to an aromatic ring is 1. The van der Waals surface area contributed by atoms with Crippen LogP contribution in [0.1, 0.15) is 44.2 Å². The highest BCUT2D eigenvalue weighted by Crippen LogP contribution is 2.35. The van der Waals surface area contributed by atoms with Crippen molar-refractivity contribution < 1.29 is 0 Å². The molecule has 0 amide bonds. The lowest BCUT2D eigenvalue weighted by atomic mass is 9.81. The number of rotatable bonds is 1. The molecule has 3 nitrogen and oxygen atoms in total. The first-order valence-electron chi connectivity index (χ1n) is 5.33. The minimum atomic E-state index is 0.542. The molecule has 1 aromatic heterocycles. The molecule has 76 valence electrons. The Morgan fingerprint density at radius 2 is 1.79 bits per heavy atom. The normalized spacial score (nSPS) is 27.5. The van der Waals surface area contributed by atoms with Gasteiger partial charge in [-0.05, 0) is 18.8 Å². The molecule has 1 aromatic rings. The molecule has 2 rings (SSSR count). The van der Waals surface area contributed by atoms with Crippen LogP contribution in [0.5, 0.6) is 0 Å². The zero-order valence-electron chi connectivity index (χ0n) is 8.61. The Hall–Kier alpha value is -1.12. The van der Waals surface area contributed by atoms with E-state index >= 15 is 0 Å². The van der Waals surface area contributed by atoms with Gasteiger partial charge in [0.05, 0.1) is 5.69 Å². The summed E-state index contributed by atoms with van der Waals surface area (Å²) in [7, 11) is 0. The number of hydrogen-bond acceptors (Lipinski definition) is 3. The summed E-state index contributed by atoms with van der Waals surface area (Å²) in [5, 5.41) is 0. The van der Waals surface area contributed by atoms with Gasteiger partial charge in [-0.3, -0.25) is 4.98 Å². The average molecular weight is 191 g/mol. The average Bonchev–Trinajstić information content (AvgIpc) is 2.20. The highest BCUT2D eigenvalue weighted by Gasteiger charge is 2.22. The Kier molecular flexibility index (Phi) is 2.66. The maximum Gasteiger partial charge on any atom is 0.145 e. The fourth-order valence-corrected chi connectivity index (χ4v) is 2.21. The van der Waals surface area contributed by atoms with E-state index in [-0.39, 0.29) is 0 Å². The summed E-state index contributed by atoms with van der Waals surface area (Å²) in [6, 6.07) is 0. The van der Waals surface area contributed by atoms with Gasteiger partial charge in [-0.1, -0.05) is 19.8 Å². The van der Waals surface area contributed by atoms with E-state index in [1.54, 1.807) is 12.4 Å². The zero-order valence-corrected chi connectivity index (χ0v) is 8.61. The van der Waals surface area contributed by atoms with Crippen molar-refractivity contribution in [1.82, 2.24) is 9.97 Å². The van der Waals surface area contributed by atoms with Gasteiger partial charge in [-0.2, -0.15) is 0 Å². The summed E-state index contributed by atoms with van der Waals surface area (Å²) >= 11 is 0. The van der Waals surface area contributed by atoms with Gasteiger partial charge >= 0.3 is 0 Å². The molecule has 1 aliphatic rings. The predicted octanol–water partition coefficient (Wildman–Crippen LogP) is 2.35. The van der Waals surface area contributed by atoms with E-state index < -0.39 is 0 Å². The number of nitrogens with two attached hydrogens (primary N) is 1. The van der Waals surface area contributed by atoms with Crippen LogP contribution in [0.3, 0.4) is 0 Å². The predicted molar refractivity (Wildman–Crippen MR) is 56.8 cm³/mol. The van der Waals surface area contributed by atoms with E-state index in [1.807, 2.05) is 0 Å². The minimum absolute atomic E-state index is 0.542. The zero-order chi connectivity index (χ0) is 9.97. The van der Waals surface area contributed by atoms with Crippen LogP contribution in [0.4, 0.5) is 5.82 Å². The van der Waals surface area contributed by atoms with Gasteiger partial charge in [0.1, 0.15) is 5.82 Å². The molecule has 0 aliphatic heterocycles. The van der Waals surface area contributed by atoms with E-state index in [2.05, 4.69) is 16.9 Å². The van der Waals surface area contributed by atoms with Gasteiger partial charge in [0, 0.05) is 18.3 Å². The van der Waals surface area contributed by atoms with Crippen molar-refractivity contribution in [2.45, 2.75) is 38.5 Å². The smallest absolute Gasteiger partial charge is 0.145 e.